The number of aromatic nitrogens is 2. The van der Waals surface area contributed by atoms with Gasteiger partial charge in [0, 0.05) is 19.4 Å². The van der Waals surface area contributed by atoms with E-state index in [1.165, 1.54) is 5.56 Å². The molecule has 0 atom stereocenters. The summed E-state index contributed by atoms with van der Waals surface area (Å²) in [6.45, 7) is 2.32. The average molecular weight is 236 g/mol. The standard InChI is InChI=1S/C12H16N2OS/c1-9-4-5-11-10(8-9)13-12(14(11)2)16-7-3-6-15/h4-5,8,15H,3,6-7H2,1-2H3. The number of thioether (sulfide) groups is 1. The minimum Gasteiger partial charge on any atom is -0.396 e. The van der Waals surface area contributed by atoms with Crippen molar-refractivity contribution in [3.8, 4) is 0 Å². The van der Waals surface area contributed by atoms with Gasteiger partial charge in [0.25, 0.3) is 0 Å². The van der Waals surface area contributed by atoms with E-state index in [4.69, 9.17) is 5.11 Å². The lowest BCUT2D eigenvalue weighted by Crippen LogP contribution is -1.92. The van der Waals surface area contributed by atoms with Crippen molar-refractivity contribution in [1.82, 2.24) is 9.55 Å². The van der Waals surface area contributed by atoms with Gasteiger partial charge in [0.15, 0.2) is 5.16 Å². The molecule has 0 spiro atoms. The molecule has 86 valence electrons. The van der Waals surface area contributed by atoms with Gasteiger partial charge in [-0.25, -0.2) is 4.98 Å². The molecule has 1 heterocycles. The Morgan fingerprint density at radius 1 is 1.44 bits per heavy atom. The Bertz CT molecular complexity index is 493. The molecule has 0 radical (unpaired) electrons. The van der Waals surface area contributed by atoms with Gasteiger partial charge in [-0.1, -0.05) is 17.8 Å². The third-order valence-electron chi connectivity index (χ3n) is 2.53. The first kappa shape index (κ1) is 11.5. The quantitative estimate of drug-likeness (QED) is 0.654. The predicted octanol–water partition coefficient (Wildman–Crippen LogP) is 2.36. The zero-order chi connectivity index (χ0) is 11.5. The maximum absolute atomic E-state index is 8.75. The number of benzene rings is 1. The Balaban J connectivity index is 2.29. The first-order chi connectivity index (χ1) is 7.72. The van der Waals surface area contributed by atoms with Crippen molar-refractivity contribution < 1.29 is 5.11 Å². The molecule has 0 bridgehead atoms. The van der Waals surface area contributed by atoms with Crippen molar-refractivity contribution in [2.45, 2.75) is 18.5 Å². The van der Waals surface area contributed by atoms with E-state index in [1.807, 2.05) is 7.05 Å². The summed E-state index contributed by atoms with van der Waals surface area (Å²) in [5.74, 6) is 0.909. The topological polar surface area (TPSA) is 38.1 Å². The van der Waals surface area contributed by atoms with E-state index in [2.05, 4.69) is 34.7 Å². The SMILES string of the molecule is Cc1ccc2c(c1)nc(SCCCO)n2C. The first-order valence-corrected chi connectivity index (χ1v) is 6.37. The van der Waals surface area contributed by atoms with Gasteiger partial charge in [-0.15, -0.1) is 0 Å². The van der Waals surface area contributed by atoms with Gasteiger partial charge in [-0.3, -0.25) is 0 Å². The number of aliphatic hydroxyl groups is 1. The second-order valence-electron chi connectivity index (χ2n) is 3.87. The highest BCUT2D eigenvalue weighted by Crippen LogP contribution is 2.23. The molecule has 3 nitrogen and oxygen atoms in total. The van der Waals surface area contributed by atoms with Crippen LogP contribution in [0.3, 0.4) is 0 Å². The van der Waals surface area contributed by atoms with Crippen LogP contribution in [0.2, 0.25) is 0 Å². The van der Waals surface area contributed by atoms with Crippen LogP contribution in [0.4, 0.5) is 0 Å². The average Bonchev–Trinajstić information content (AvgIpc) is 2.56. The summed E-state index contributed by atoms with van der Waals surface area (Å²) in [6.07, 6.45) is 0.812. The predicted molar refractivity (Wildman–Crippen MR) is 67.9 cm³/mol. The summed E-state index contributed by atoms with van der Waals surface area (Å²) in [7, 11) is 2.03. The number of aryl methyl sites for hydroxylation is 2. The third kappa shape index (κ3) is 2.23. The number of nitrogens with zero attached hydrogens (tertiary/aromatic N) is 2. The van der Waals surface area contributed by atoms with Crippen LogP contribution in [-0.2, 0) is 7.05 Å². The van der Waals surface area contributed by atoms with Gasteiger partial charge >= 0.3 is 0 Å². The molecule has 1 aromatic heterocycles. The van der Waals surface area contributed by atoms with E-state index in [-0.39, 0.29) is 6.61 Å². The fourth-order valence-electron chi connectivity index (χ4n) is 1.64. The van der Waals surface area contributed by atoms with Crippen LogP contribution in [0, 0.1) is 6.92 Å². The van der Waals surface area contributed by atoms with Crippen molar-refractivity contribution in [3.63, 3.8) is 0 Å². The second kappa shape index (κ2) is 4.89. The Morgan fingerprint density at radius 2 is 2.25 bits per heavy atom. The molecule has 0 aliphatic carbocycles. The molecule has 2 rings (SSSR count). The Hall–Kier alpha value is -1.00. The minimum absolute atomic E-state index is 0.246. The Labute approximate surface area is 99.5 Å². The smallest absolute Gasteiger partial charge is 0.168 e. The minimum atomic E-state index is 0.246. The van der Waals surface area contributed by atoms with Gasteiger partial charge in [-0.2, -0.15) is 0 Å². The highest BCUT2D eigenvalue weighted by molar-refractivity contribution is 7.99. The maximum Gasteiger partial charge on any atom is 0.168 e. The number of fused-ring (bicyclic) bond motifs is 1. The zero-order valence-electron chi connectivity index (χ0n) is 9.60. The summed E-state index contributed by atoms with van der Waals surface area (Å²) in [5, 5.41) is 9.77. The Kier molecular flexibility index (Phi) is 3.51. The molecule has 1 N–H and O–H groups in total. The van der Waals surface area contributed by atoms with Gasteiger partial charge in [-0.05, 0) is 31.0 Å². The molecule has 1 aromatic carbocycles. The Morgan fingerprint density at radius 3 is 3.00 bits per heavy atom. The number of rotatable bonds is 4. The van der Waals surface area contributed by atoms with Gasteiger partial charge in [0.2, 0.25) is 0 Å². The lowest BCUT2D eigenvalue weighted by molar-refractivity contribution is 0.296. The molecular weight excluding hydrogens is 220 g/mol. The molecule has 0 unspecified atom stereocenters. The largest absolute Gasteiger partial charge is 0.396 e. The molecule has 0 aliphatic rings. The first-order valence-electron chi connectivity index (χ1n) is 5.39. The van der Waals surface area contributed by atoms with Gasteiger partial charge < -0.3 is 9.67 Å². The van der Waals surface area contributed by atoms with E-state index in [0.717, 1.165) is 28.4 Å². The summed E-state index contributed by atoms with van der Waals surface area (Å²) in [6, 6.07) is 6.31. The van der Waals surface area contributed by atoms with Gasteiger partial charge in [0.1, 0.15) is 0 Å². The molecular formula is C12H16N2OS. The van der Waals surface area contributed by atoms with E-state index in [0.29, 0.717) is 0 Å². The number of imidazole rings is 1. The van der Waals surface area contributed by atoms with Crippen LogP contribution in [0.5, 0.6) is 0 Å². The van der Waals surface area contributed by atoms with E-state index in [1.54, 1.807) is 11.8 Å². The van der Waals surface area contributed by atoms with E-state index in [9.17, 15) is 0 Å². The van der Waals surface area contributed by atoms with Crippen LogP contribution in [0.15, 0.2) is 23.4 Å². The molecule has 0 saturated carbocycles. The molecule has 0 amide bonds. The zero-order valence-corrected chi connectivity index (χ0v) is 10.4. The number of hydrogen-bond donors (Lipinski definition) is 1. The van der Waals surface area contributed by atoms with Crippen molar-refractivity contribution >= 4 is 22.8 Å². The molecule has 2 aromatic rings. The summed E-state index contributed by atoms with van der Waals surface area (Å²) >= 11 is 1.70. The lowest BCUT2D eigenvalue weighted by atomic mass is 10.2. The number of aliphatic hydroxyl groups excluding tert-OH is 1. The molecule has 0 fully saturated rings. The molecule has 0 saturated heterocycles. The lowest BCUT2D eigenvalue weighted by Gasteiger charge is -2.00. The van der Waals surface area contributed by atoms with Gasteiger partial charge in [0.05, 0.1) is 11.0 Å². The van der Waals surface area contributed by atoms with Crippen molar-refractivity contribution in [3.05, 3.63) is 23.8 Å². The molecule has 0 aliphatic heterocycles. The summed E-state index contributed by atoms with van der Waals surface area (Å²) < 4.78 is 2.11. The van der Waals surface area contributed by atoms with Crippen LogP contribution < -0.4 is 0 Å². The fraction of sp³-hybridized carbons (Fsp3) is 0.417. The highest BCUT2D eigenvalue weighted by atomic mass is 32.2. The summed E-state index contributed by atoms with van der Waals surface area (Å²) in [5.41, 5.74) is 3.45. The van der Waals surface area contributed by atoms with Crippen LogP contribution in [0.1, 0.15) is 12.0 Å². The maximum atomic E-state index is 8.75. The number of hydrogen-bond acceptors (Lipinski definition) is 3. The van der Waals surface area contributed by atoms with E-state index < -0.39 is 0 Å². The van der Waals surface area contributed by atoms with Crippen molar-refractivity contribution in [1.29, 1.82) is 0 Å². The molecule has 4 heteroatoms. The van der Waals surface area contributed by atoms with Crippen molar-refractivity contribution in [2.24, 2.45) is 7.05 Å². The fourth-order valence-corrected chi connectivity index (χ4v) is 2.56. The van der Waals surface area contributed by atoms with E-state index >= 15 is 0 Å². The molecule has 16 heavy (non-hydrogen) atoms. The third-order valence-corrected chi connectivity index (χ3v) is 3.65. The second-order valence-corrected chi connectivity index (χ2v) is 4.93. The monoisotopic (exact) mass is 236 g/mol. The van der Waals surface area contributed by atoms with Crippen molar-refractivity contribution in [2.75, 3.05) is 12.4 Å². The van der Waals surface area contributed by atoms with Crippen LogP contribution in [0.25, 0.3) is 11.0 Å². The van der Waals surface area contributed by atoms with Crippen LogP contribution >= 0.6 is 11.8 Å². The van der Waals surface area contributed by atoms with Crippen LogP contribution in [-0.4, -0.2) is 27.0 Å². The highest BCUT2D eigenvalue weighted by Gasteiger charge is 2.07. The normalized spacial score (nSPS) is 11.2. The summed E-state index contributed by atoms with van der Waals surface area (Å²) in [4.78, 5) is 4.59.